The first-order chi connectivity index (χ1) is 16.2. The number of piperidine rings is 1. The summed E-state index contributed by atoms with van der Waals surface area (Å²) in [4.78, 5) is 25.4. The number of hydrogen-bond acceptors (Lipinski definition) is 5. The summed E-state index contributed by atoms with van der Waals surface area (Å²) in [5, 5.41) is 3.09. The number of carbonyl (C=O) groups is 1. The Kier molecular flexibility index (Phi) is 6.58. The van der Waals surface area contributed by atoms with Gasteiger partial charge in [0.05, 0.1) is 11.0 Å². The Balaban J connectivity index is 1.43. The van der Waals surface area contributed by atoms with Crippen molar-refractivity contribution in [3.63, 3.8) is 0 Å². The minimum absolute atomic E-state index is 0.157. The number of benzene rings is 1. The number of allylic oxidation sites excluding steroid dienone is 1. The number of aromatic nitrogens is 3. The maximum atomic E-state index is 13.3. The van der Waals surface area contributed by atoms with E-state index in [9.17, 15) is 4.79 Å². The van der Waals surface area contributed by atoms with Gasteiger partial charge in [-0.15, -0.1) is 0 Å². The lowest BCUT2D eigenvalue weighted by Crippen LogP contribution is -2.32. The second-order valence-electron chi connectivity index (χ2n) is 9.31. The standard InChI is InChI=1S/C26H34N6O/c27-24-22(26(33)28-14-13-19-9-3-1-4-10-19)23-25(30-21-12-6-5-11-20(21)29-23)32(24)18-17-31-15-7-2-8-16-31/h5-6,9,11-12H,1-4,7-8,10,13-18,27H2,(H,28,33). The third-order valence-corrected chi connectivity index (χ3v) is 7.02. The van der Waals surface area contributed by atoms with Crippen LogP contribution in [0, 0.1) is 0 Å². The number of nitrogens with zero attached hydrogens (tertiary/aromatic N) is 4. The third-order valence-electron chi connectivity index (χ3n) is 7.02. The largest absolute Gasteiger partial charge is 0.384 e. The fraction of sp³-hybridized carbons (Fsp3) is 0.500. The van der Waals surface area contributed by atoms with E-state index in [0.717, 1.165) is 49.9 Å². The van der Waals surface area contributed by atoms with E-state index in [1.165, 1.54) is 37.7 Å². The molecule has 3 aromatic rings. The van der Waals surface area contributed by atoms with Crippen LogP contribution in [0.5, 0.6) is 0 Å². The Hall–Kier alpha value is -2.93. The normalized spacial score (nSPS) is 17.4. The van der Waals surface area contributed by atoms with Crippen LogP contribution in [0.3, 0.4) is 0 Å². The lowest BCUT2D eigenvalue weighted by atomic mass is 9.97. The fourth-order valence-electron chi connectivity index (χ4n) is 5.15. The van der Waals surface area contributed by atoms with E-state index in [0.29, 0.717) is 35.6 Å². The van der Waals surface area contributed by atoms with Gasteiger partial charge in [0.15, 0.2) is 5.65 Å². The predicted molar refractivity (Wildman–Crippen MR) is 133 cm³/mol. The van der Waals surface area contributed by atoms with Crippen molar-refractivity contribution in [2.75, 3.05) is 31.9 Å². The van der Waals surface area contributed by atoms with Crippen molar-refractivity contribution in [3.05, 3.63) is 41.5 Å². The van der Waals surface area contributed by atoms with Crippen molar-refractivity contribution < 1.29 is 4.79 Å². The van der Waals surface area contributed by atoms with Crippen molar-refractivity contribution in [1.82, 2.24) is 24.8 Å². The zero-order valence-electron chi connectivity index (χ0n) is 19.4. The van der Waals surface area contributed by atoms with Gasteiger partial charge in [-0.05, 0) is 70.2 Å². The Labute approximate surface area is 195 Å². The lowest BCUT2D eigenvalue weighted by molar-refractivity contribution is 0.0956. The minimum Gasteiger partial charge on any atom is -0.384 e. The predicted octanol–water partition coefficient (Wildman–Crippen LogP) is 4.27. The molecule has 1 saturated heterocycles. The van der Waals surface area contributed by atoms with E-state index in [1.54, 1.807) is 0 Å². The van der Waals surface area contributed by atoms with E-state index in [1.807, 2.05) is 28.8 Å². The van der Waals surface area contributed by atoms with Crippen LogP contribution in [-0.4, -0.2) is 51.5 Å². The van der Waals surface area contributed by atoms with E-state index >= 15 is 0 Å². The van der Waals surface area contributed by atoms with E-state index < -0.39 is 0 Å². The SMILES string of the molecule is Nc1c(C(=O)NCCC2=CCCCC2)c2nc3ccccc3nc2n1CCN1CCCCC1. The zero-order chi connectivity index (χ0) is 22.6. The van der Waals surface area contributed by atoms with Gasteiger partial charge in [0.2, 0.25) is 0 Å². The number of amides is 1. The van der Waals surface area contributed by atoms with E-state index in [4.69, 9.17) is 15.7 Å². The fourth-order valence-corrected chi connectivity index (χ4v) is 5.15. The van der Waals surface area contributed by atoms with Crippen LogP contribution < -0.4 is 11.1 Å². The number of nitrogen functional groups attached to an aromatic ring is 1. The molecule has 0 atom stereocenters. The average Bonchev–Trinajstić information content (AvgIpc) is 3.12. The van der Waals surface area contributed by atoms with Gasteiger partial charge in [0.1, 0.15) is 16.9 Å². The highest BCUT2D eigenvalue weighted by molar-refractivity contribution is 6.10. The number of likely N-dealkylation sites (tertiary alicyclic amines) is 1. The van der Waals surface area contributed by atoms with Crippen LogP contribution in [0.15, 0.2) is 35.9 Å². The van der Waals surface area contributed by atoms with Gasteiger partial charge in [-0.1, -0.05) is 30.2 Å². The Bertz CT molecular complexity index is 1170. The van der Waals surface area contributed by atoms with Gasteiger partial charge in [-0.3, -0.25) is 4.79 Å². The molecule has 0 spiro atoms. The molecular weight excluding hydrogens is 412 g/mol. The Morgan fingerprint density at radius 2 is 1.79 bits per heavy atom. The molecular formula is C26H34N6O. The number of anilines is 1. The summed E-state index contributed by atoms with van der Waals surface area (Å²) in [6.07, 6.45) is 11.9. The summed E-state index contributed by atoms with van der Waals surface area (Å²) in [5.74, 6) is 0.307. The lowest BCUT2D eigenvalue weighted by Gasteiger charge is -2.26. The van der Waals surface area contributed by atoms with Crippen LogP contribution >= 0.6 is 0 Å². The highest BCUT2D eigenvalue weighted by Crippen LogP contribution is 2.28. The van der Waals surface area contributed by atoms with Gasteiger partial charge in [-0.2, -0.15) is 0 Å². The Morgan fingerprint density at radius 3 is 2.55 bits per heavy atom. The molecule has 0 saturated carbocycles. The Morgan fingerprint density at radius 1 is 1.00 bits per heavy atom. The van der Waals surface area contributed by atoms with E-state index in [-0.39, 0.29) is 5.91 Å². The molecule has 7 heteroatoms. The first-order valence-electron chi connectivity index (χ1n) is 12.4. The molecule has 1 aromatic carbocycles. The smallest absolute Gasteiger partial charge is 0.257 e. The number of carbonyl (C=O) groups excluding carboxylic acids is 1. The second kappa shape index (κ2) is 9.91. The molecule has 1 amide bonds. The molecule has 3 heterocycles. The number of fused-ring (bicyclic) bond motifs is 2. The molecule has 2 aromatic heterocycles. The van der Waals surface area contributed by atoms with Crippen LogP contribution in [-0.2, 0) is 6.54 Å². The maximum absolute atomic E-state index is 13.3. The second-order valence-corrected chi connectivity index (χ2v) is 9.31. The summed E-state index contributed by atoms with van der Waals surface area (Å²) in [6, 6.07) is 7.79. The number of para-hydroxylation sites is 2. The molecule has 1 fully saturated rings. The molecule has 0 bridgehead atoms. The number of rotatable bonds is 7. The molecule has 33 heavy (non-hydrogen) atoms. The van der Waals surface area contributed by atoms with Gasteiger partial charge in [0.25, 0.3) is 5.91 Å². The van der Waals surface area contributed by atoms with Crippen molar-refractivity contribution in [3.8, 4) is 0 Å². The highest BCUT2D eigenvalue weighted by atomic mass is 16.1. The van der Waals surface area contributed by atoms with Gasteiger partial charge < -0.3 is 20.5 Å². The number of hydrogen-bond donors (Lipinski definition) is 2. The number of nitrogens with one attached hydrogen (secondary N) is 1. The minimum atomic E-state index is -0.157. The number of nitrogens with two attached hydrogens (primary N) is 1. The maximum Gasteiger partial charge on any atom is 0.257 e. The van der Waals surface area contributed by atoms with E-state index in [2.05, 4.69) is 16.3 Å². The monoisotopic (exact) mass is 446 g/mol. The molecule has 7 nitrogen and oxygen atoms in total. The first-order valence-corrected chi connectivity index (χ1v) is 12.4. The van der Waals surface area contributed by atoms with Crippen molar-refractivity contribution in [2.45, 2.75) is 57.9 Å². The van der Waals surface area contributed by atoms with Crippen molar-refractivity contribution >= 4 is 33.9 Å². The molecule has 0 unspecified atom stereocenters. The molecule has 1 aliphatic carbocycles. The average molecular weight is 447 g/mol. The summed E-state index contributed by atoms with van der Waals surface area (Å²) >= 11 is 0. The summed E-state index contributed by atoms with van der Waals surface area (Å²) in [6.45, 7) is 4.46. The van der Waals surface area contributed by atoms with Crippen LogP contribution in [0.4, 0.5) is 5.82 Å². The van der Waals surface area contributed by atoms with Crippen molar-refractivity contribution in [2.24, 2.45) is 0 Å². The molecule has 174 valence electrons. The summed E-state index contributed by atoms with van der Waals surface area (Å²) in [5.41, 5.74) is 11.4. The van der Waals surface area contributed by atoms with Crippen LogP contribution in [0.1, 0.15) is 61.7 Å². The molecule has 3 N–H and O–H groups in total. The quantitative estimate of drug-likeness (QED) is 0.529. The first kappa shape index (κ1) is 21.9. The summed E-state index contributed by atoms with van der Waals surface area (Å²) in [7, 11) is 0. The highest BCUT2D eigenvalue weighted by Gasteiger charge is 2.24. The molecule has 5 rings (SSSR count). The molecule has 0 radical (unpaired) electrons. The van der Waals surface area contributed by atoms with Crippen molar-refractivity contribution in [1.29, 1.82) is 0 Å². The topological polar surface area (TPSA) is 89.1 Å². The van der Waals surface area contributed by atoms with Gasteiger partial charge >= 0.3 is 0 Å². The molecule has 1 aliphatic heterocycles. The zero-order valence-corrected chi connectivity index (χ0v) is 19.4. The van der Waals surface area contributed by atoms with Gasteiger partial charge in [-0.25, -0.2) is 9.97 Å². The van der Waals surface area contributed by atoms with Crippen LogP contribution in [0.25, 0.3) is 22.2 Å². The van der Waals surface area contributed by atoms with Gasteiger partial charge in [0, 0.05) is 19.6 Å². The van der Waals surface area contributed by atoms with Crippen LogP contribution in [0.2, 0.25) is 0 Å². The third kappa shape index (κ3) is 4.74. The summed E-state index contributed by atoms with van der Waals surface area (Å²) < 4.78 is 1.99. The molecule has 2 aliphatic rings.